The predicted molar refractivity (Wildman–Crippen MR) is 193 cm³/mol. The topological polar surface area (TPSA) is 160 Å². The Morgan fingerprint density at radius 2 is 1.74 bits per heavy atom. The maximum Gasteiger partial charge on any atom is 0.414 e. The van der Waals surface area contributed by atoms with Crippen molar-refractivity contribution in [1.29, 1.82) is 0 Å². The maximum atomic E-state index is 14.2. The summed E-state index contributed by atoms with van der Waals surface area (Å²) in [5.74, 6) is -2.36. The first-order chi connectivity index (χ1) is 24.8. The highest BCUT2D eigenvalue weighted by atomic mass is 19.4. The summed E-state index contributed by atoms with van der Waals surface area (Å²) in [4.78, 5) is 47.4. The highest BCUT2D eigenvalue weighted by Crippen LogP contribution is 2.40. The van der Waals surface area contributed by atoms with Crippen molar-refractivity contribution in [3.8, 4) is 0 Å². The molecule has 2 aromatic rings. The zero-order chi connectivity index (χ0) is 38.7. The van der Waals surface area contributed by atoms with E-state index in [2.05, 4.69) is 31.2 Å². The lowest BCUT2D eigenvalue weighted by atomic mass is 9.93. The lowest BCUT2D eigenvalue weighted by Crippen LogP contribution is -2.54. The Kier molecular flexibility index (Phi) is 11.9. The molecule has 292 valence electrons. The summed E-state index contributed by atoms with van der Waals surface area (Å²) >= 11 is 0. The van der Waals surface area contributed by atoms with E-state index >= 15 is 0 Å². The van der Waals surface area contributed by atoms with Crippen molar-refractivity contribution < 1.29 is 46.2 Å². The van der Waals surface area contributed by atoms with E-state index in [9.17, 15) is 27.6 Å². The SMILES string of the molecule is CCOC1CCN(CC2=Cc3oc(NC(=O)OC(C)(C)C)c(C(=O)Nc4cnccc4N4C[C@@H](NC(=O)OC(C)(C)C)C[C@@H](C(F)(F)F)C4)c3NC2)C1. The van der Waals surface area contributed by atoms with Gasteiger partial charge in [0.2, 0.25) is 5.88 Å². The number of anilines is 4. The lowest BCUT2D eigenvalue weighted by Gasteiger charge is -2.40. The third kappa shape index (κ3) is 10.8. The van der Waals surface area contributed by atoms with E-state index in [0.717, 1.165) is 25.1 Å². The molecule has 14 nitrogen and oxygen atoms in total. The monoisotopic (exact) mass is 749 g/mol. The number of rotatable bonds is 9. The van der Waals surface area contributed by atoms with Gasteiger partial charge in [-0.1, -0.05) is 0 Å². The molecule has 4 N–H and O–H groups in total. The van der Waals surface area contributed by atoms with Crippen LogP contribution < -0.4 is 26.2 Å². The van der Waals surface area contributed by atoms with Crippen molar-refractivity contribution in [1.82, 2.24) is 15.2 Å². The van der Waals surface area contributed by atoms with Gasteiger partial charge in [-0.25, -0.2) is 9.59 Å². The number of piperidine rings is 1. The minimum Gasteiger partial charge on any atom is -0.444 e. The van der Waals surface area contributed by atoms with Crippen LogP contribution in [0.2, 0.25) is 0 Å². The van der Waals surface area contributed by atoms with Crippen molar-refractivity contribution in [3.05, 3.63) is 35.4 Å². The second-order valence-corrected chi connectivity index (χ2v) is 15.5. The first kappa shape index (κ1) is 39.7. The Labute approximate surface area is 307 Å². The van der Waals surface area contributed by atoms with Crippen LogP contribution in [-0.2, 0) is 14.2 Å². The molecule has 17 heteroatoms. The molecule has 2 saturated heterocycles. The minimum atomic E-state index is -4.56. The van der Waals surface area contributed by atoms with Gasteiger partial charge in [0.1, 0.15) is 16.8 Å². The number of halogens is 3. The number of alkyl carbamates (subject to hydrolysis) is 1. The van der Waals surface area contributed by atoms with E-state index in [1.54, 1.807) is 41.5 Å². The summed E-state index contributed by atoms with van der Waals surface area (Å²) in [6, 6.07) is 0.578. The summed E-state index contributed by atoms with van der Waals surface area (Å²) in [6.07, 6.45) is -0.928. The summed E-state index contributed by atoms with van der Waals surface area (Å²) in [5, 5.41) is 11.2. The van der Waals surface area contributed by atoms with Gasteiger partial charge in [0.05, 0.1) is 41.3 Å². The van der Waals surface area contributed by atoms with Gasteiger partial charge in [0, 0.05) is 52.1 Å². The average molecular weight is 750 g/mol. The summed E-state index contributed by atoms with van der Waals surface area (Å²) in [7, 11) is 0. The molecule has 2 fully saturated rings. The second kappa shape index (κ2) is 15.8. The van der Waals surface area contributed by atoms with Crippen LogP contribution in [-0.4, -0.2) is 103 Å². The number of amides is 3. The number of aromatic nitrogens is 1. The van der Waals surface area contributed by atoms with E-state index in [4.69, 9.17) is 18.6 Å². The molecule has 5 heterocycles. The first-order valence-electron chi connectivity index (χ1n) is 17.8. The Hall–Kier alpha value is -4.51. The van der Waals surface area contributed by atoms with Crippen molar-refractivity contribution in [3.63, 3.8) is 0 Å². The Morgan fingerprint density at radius 3 is 2.42 bits per heavy atom. The Bertz CT molecular complexity index is 1680. The minimum absolute atomic E-state index is 0.00270. The third-order valence-electron chi connectivity index (χ3n) is 8.68. The van der Waals surface area contributed by atoms with Crippen LogP contribution in [0.4, 0.5) is 45.7 Å². The quantitative estimate of drug-likeness (QED) is 0.223. The number of hydrogen-bond donors (Lipinski definition) is 4. The molecule has 0 radical (unpaired) electrons. The molecule has 0 bridgehead atoms. The Morgan fingerprint density at radius 1 is 1.02 bits per heavy atom. The predicted octanol–water partition coefficient (Wildman–Crippen LogP) is 6.48. The van der Waals surface area contributed by atoms with Gasteiger partial charge in [0.25, 0.3) is 5.91 Å². The van der Waals surface area contributed by atoms with E-state index in [-0.39, 0.29) is 41.9 Å². The van der Waals surface area contributed by atoms with Crippen LogP contribution >= 0.6 is 0 Å². The van der Waals surface area contributed by atoms with E-state index < -0.39 is 54.0 Å². The van der Waals surface area contributed by atoms with Crippen LogP contribution in [0.3, 0.4) is 0 Å². The number of carbonyl (C=O) groups excluding carboxylic acids is 3. The molecule has 53 heavy (non-hydrogen) atoms. The smallest absolute Gasteiger partial charge is 0.414 e. The van der Waals surface area contributed by atoms with Crippen LogP contribution in [0.1, 0.15) is 77.4 Å². The van der Waals surface area contributed by atoms with E-state index in [0.29, 0.717) is 31.1 Å². The molecule has 0 aliphatic carbocycles. The maximum absolute atomic E-state index is 14.2. The number of nitrogens with one attached hydrogen (secondary N) is 4. The standard InChI is InChI=1S/C36H50F3N7O7/c1-8-50-24-10-12-45(20-24)17-21-13-27-29(41-15-21)28(31(51-27)44-33(49)53-35(5,6)7)30(47)43-25-16-40-11-9-26(25)46-18-22(36(37,38)39)14-23(19-46)42-32(48)52-34(2,3)4/h9,11,13,16,22-24,41H,8,10,12,14-15,17-20H2,1-7H3,(H,42,48)(H,43,47)(H,44,49)/t22-,23+,24?/m1/s1. The molecule has 3 aliphatic rings. The van der Waals surface area contributed by atoms with Crippen LogP contribution in [0, 0.1) is 5.92 Å². The van der Waals surface area contributed by atoms with Gasteiger partial charge in [-0.15, -0.1) is 0 Å². The fourth-order valence-electron chi connectivity index (χ4n) is 6.62. The van der Waals surface area contributed by atoms with Crippen molar-refractivity contribution in [2.75, 3.05) is 66.7 Å². The molecule has 0 saturated carbocycles. The van der Waals surface area contributed by atoms with Crippen molar-refractivity contribution in [2.45, 2.75) is 90.8 Å². The molecule has 2 aromatic heterocycles. The fraction of sp³-hybridized carbons (Fsp3) is 0.611. The van der Waals surface area contributed by atoms with Gasteiger partial charge in [0.15, 0.2) is 5.76 Å². The molecule has 3 atom stereocenters. The molecule has 0 spiro atoms. The number of pyridine rings is 1. The number of nitrogens with zero attached hydrogens (tertiary/aromatic N) is 3. The van der Waals surface area contributed by atoms with Gasteiger partial charge in [-0.3, -0.25) is 20.0 Å². The van der Waals surface area contributed by atoms with E-state index in [1.165, 1.54) is 23.4 Å². The molecular formula is C36H50F3N7O7. The number of hydrogen-bond acceptors (Lipinski definition) is 11. The average Bonchev–Trinajstić information content (AvgIpc) is 3.62. The fourth-order valence-corrected chi connectivity index (χ4v) is 6.62. The van der Waals surface area contributed by atoms with Gasteiger partial charge < -0.3 is 39.5 Å². The number of furan rings is 1. The van der Waals surface area contributed by atoms with Crippen molar-refractivity contribution >= 4 is 47.1 Å². The van der Waals surface area contributed by atoms with Gasteiger partial charge in [-0.2, -0.15) is 13.2 Å². The third-order valence-corrected chi connectivity index (χ3v) is 8.68. The lowest BCUT2D eigenvalue weighted by molar-refractivity contribution is -0.177. The molecule has 3 amide bonds. The van der Waals surface area contributed by atoms with Crippen LogP contribution in [0.5, 0.6) is 0 Å². The number of alkyl halides is 3. The largest absolute Gasteiger partial charge is 0.444 e. The van der Waals surface area contributed by atoms with Gasteiger partial charge >= 0.3 is 18.4 Å². The molecular weight excluding hydrogens is 699 g/mol. The highest BCUT2D eigenvalue weighted by Gasteiger charge is 2.45. The molecule has 0 aromatic carbocycles. The van der Waals surface area contributed by atoms with Crippen LogP contribution in [0.15, 0.2) is 28.5 Å². The molecule has 3 aliphatic heterocycles. The first-order valence-corrected chi connectivity index (χ1v) is 17.8. The second-order valence-electron chi connectivity index (χ2n) is 15.5. The van der Waals surface area contributed by atoms with Crippen LogP contribution in [0.25, 0.3) is 6.08 Å². The summed E-state index contributed by atoms with van der Waals surface area (Å²) in [6.45, 7) is 15.0. The number of ether oxygens (including phenoxy) is 3. The highest BCUT2D eigenvalue weighted by molar-refractivity contribution is 6.14. The zero-order valence-corrected chi connectivity index (χ0v) is 31.2. The zero-order valence-electron chi connectivity index (χ0n) is 31.2. The van der Waals surface area contributed by atoms with E-state index in [1.807, 2.05) is 13.0 Å². The normalized spacial score (nSPS) is 20.9. The Balaban J connectivity index is 1.41. The summed E-state index contributed by atoms with van der Waals surface area (Å²) in [5.41, 5.74) is -0.0439. The van der Waals surface area contributed by atoms with Gasteiger partial charge in [-0.05, 0) is 79.0 Å². The number of carbonyl (C=O) groups is 3. The number of fused-ring (bicyclic) bond motifs is 1. The summed E-state index contributed by atoms with van der Waals surface area (Å²) < 4.78 is 65.1. The number of likely N-dealkylation sites (tertiary alicyclic amines) is 1. The molecule has 1 unspecified atom stereocenters. The van der Waals surface area contributed by atoms with Crippen molar-refractivity contribution in [2.24, 2.45) is 5.92 Å². The molecule has 5 rings (SSSR count).